The molecule has 1 saturated heterocycles. The summed E-state index contributed by atoms with van der Waals surface area (Å²) in [5.41, 5.74) is 1.19. The lowest BCUT2D eigenvalue weighted by atomic mass is 10.2. The highest BCUT2D eigenvalue weighted by Crippen LogP contribution is 2.14. The highest BCUT2D eigenvalue weighted by molar-refractivity contribution is 6.31. The van der Waals surface area contributed by atoms with Crippen molar-refractivity contribution in [3.05, 3.63) is 34.9 Å². The van der Waals surface area contributed by atoms with E-state index >= 15 is 0 Å². The van der Waals surface area contributed by atoms with Crippen LogP contribution in [0.5, 0.6) is 0 Å². The molecule has 1 N–H and O–H groups in total. The third kappa shape index (κ3) is 4.30. The molecule has 2 nitrogen and oxygen atoms in total. The van der Waals surface area contributed by atoms with Crippen LogP contribution in [0.15, 0.2) is 24.3 Å². The molecule has 0 radical (unpaired) electrons. The van der Waals surface area contributed by atoms with Crippen LogP contribution >= 0.6 is 11.6 Å². The number of halogens is 1. The highest BCUT2D eigenvalue weighted by atomic mass is 35.5. The minimum absolute atomic E-state index is 0.861. The molecule has 0 aromatic heterocycles. The van der Waals surface area contributed by atoms with Crippen LogP contribution in [0.4, 0.5) is 0 Å². The van der Waals surface area contributed by atoms with Gasteiger partial charge in [-0.1, -0.05) is 29.8 Å². The van der Waals surface area contributed by atoms with Crippen LogP contribution < -0.4 is 5.32 Å². The van der Waals surface area contributed by atoms with Gasteiger partial charge in [0.1, 0.15) is 0 Å². The zero-order valence-electron chi connectivity index (χ0n) is 10.3. The molecule has 1 aromatic carbocycles. The molecule has 0 spiro atoms. The Hall–Kier alpha value is -0.570. The summed E-state index contributed by atoms with van der Waals surface area (Å²) in [6.45, 7) is 5.77. The van der Waals surface area contributed by atoms with Crippen LogP contribution in [0, 0.1) is 0 Å². The summed E-state index contributed by atoms with van der Waals surface area (Å²) < 4.78 is 0. The van der Waals surface area contributed by atoms with Crippen LogP contribution in [0.1, 0.15) is 24.8 Å². The molecule has 1 aliphatic heterocycles. The Balaban J connectivity index is 1.58. The molecular weight excluding hydrogens is 232 g/mol. The first-order chi connectivity index (χ1) is 8.36. The van der Waals surface area contributed by atoms with Gasteiger partial charge in [-0.05, 0) is 57.1 Å². The molecule has 0 amide bonds. The van der Waals surface area contributed by atoms with Crippen molar-refractivity contribution >= 4 is 11.6 Å². The molecule has 1 aliphatic rings. The first kappa shape index (κ1) is 12.9. The van der Waals surface area contributed by atoms with Crippen molar-refractivity contribution in [2.45, 2.75) is 25.8 Å². The lowest BCUT2D eigenvalue weighted by Crippen LogP contribution is -2.24. The van der Waals surface area contributed by atoms with Gasteiger partial charge in [0.2, 0.25) is 0 Å². The molecule has 94 valence electrons. The van der Waals surface area contributed by atoms with E-state index in [2.05, 4.69) is 16.3 Å². The lowest BCUT2D eigenvalue weighted by Gasteiger charge is -2.14. The van der Waals surface area contributed by atoms with Gasteiger partial charge < -0.3 is 10.2 Å². The molecule has 0 aliphatic carbocycles. The van der Waals surface area contributed by atoms with E-state index < -0.39 is 0 Å². The van der Waals surface area contributed by atoms with E-state index in [-0.39, 0.29) is 0 Å². The highest BCUT2D eigenvalue weighted by Gasteiger charge is 2.09. The van der Waals surface area contributed by atoms with Gasteiger partial charge in [0, 0.05) is 11.6 Å². The van der Waals surface area contributed by atoms with Gasteiger partial charge in [-0.25, -0.2) is 0 Å². The first-order valence-electron chi connectivity index (χ1n) is 6.53. The Kier molecular flexibility index (Phi) is 5.30. The van der Waals surface area contributed by atoms with E-state index in [0.29, 0.717) is 0 Å². The standard InChI is InChI=1S/C14H21ClN2/c15-14-7-2-1-6-13(14)12-16-8-5-11-17-9-3-4-10-17/h1-2,6-7,16H,3-5,8-12H2. The van der Waals surface area contributed by atoms with E-state index in [4.69, 9.17) is 11.6 Å². The quantitative estimate of drug-likeness (QED) is 0.784. The minimum atomic E-state index is 0.861. The fourth-order valence-electron chi connectivity index (χ4n) is 2.30. The average Bonchev–Trinajstić information content (AvgIpc) is 2.84. The van der Waals surface area contributed by atoms with Gasteiger partial charge in [-0.2, -0.15) is 0 Å². The van der Waals surface area contributed by atoms with Crippen molar-refractivity contribution in [3.8, 4) is 0 Å². The smallest absolute Gasteiger partial charge is 0.0450 e. The van der Waals surface area contributed by atoms with Crippen LogP contribution in [0.3, 0.4) is 0 Å². The largest absolute Gasteiger partial charge is 0.313 e. The Bertz CT molecular complexity index is 335. The second-order valence-corrected chi connectivity index (χ2v) is 5.08. The van der Waals surface area contributed by atoms with Crippen LogP contribution in [0.2, 0.25) is 5.02 Å². The van der Waals surface area contributed by atoms with E-state index in [9.17, 15) is 0 Å². The zero-order chi connectivity index (χ0) is 11.9. The number of nitrogens with zero attached hydrogens (tertiary/aromatic N) is 1. The fourth-order valence-corrected chi connectivity index (χ4v) is 2.50. The van der Waals surface area contributed by atoms with Gasteiger partial charge in [0.05, 0.1) is 0 Å². The molecule has 0 saturated carbocycles. The summed E-state index contributed by atoms with van der Waals surface area (Å²) in [4.78, 5) is 2.55. The van der Waals surface area contributed by atoms with Crippen molar-refractivity contribution in [2.24, 2.45) is 0 Å². The molecule has 2 rings (SSSR count). The van der Waals surface area contributed by atoms with Crippen molar-refractivity contribution in [3.63, 3.8) is 0 Å². The number of nitrogens with one attached hydrogen (secondary N) is 1. The Morgan fingerprint density at radius 2 is 1.94 bits per heavy atom. The fraction of sp³-hybridized carbons (Fsp3) is 0.571. The van der Waals surface area contributed by atoms with Gasteiger partial charge in [0.25, 0.3) is 0 Å². The molecular formula is C14H21ClN2. The van der Waals surface area contributed by atoms with E-state index in [1.807, 2.05) is 18.2 Å². The Morgan fingerprint density at radius 3 is 2.71 bits per heavy atom. The van der Waals surface area contributed by atoms with Crippen molar-refractivity contribution in [1.82, 2.24) is 10.2 Å². The van der Waals surface area contributed by atoms with Gasteiger partial charge in [-0.15, -0.1) is 0 Å². The predicted molar refractivity (Wildman–Crippen MR) is 73.4 cm³/mol. The second-order valence-electron chi connectivity index (χ2n) is 4.67. The Labute approximate surface area is 109 Å². The molecule has 3 heteroatoms. The number of likely N-dealkylation sites (tertiary alicyclic amines) is 1. The SMILES string of the molecule is Clc1ccccc1CNCCCN1CCCC1. The third-order valence-corrected chi connectivity index (χ3v) is 3.67. The first-order valence-corrected chi connectivity index (χ1v) is 6.90. The molecule has 17 heavy (non-hydrogen) atoms. The second kappa shape index (κ2) is 7.00. The maximum atomic E-state index is 6.09. The molecule has 0 unspecified atom stereocenters. The molecule has 1 aromatic rings. The van der Waals surface area contributed by atoms with E-state index in [1.54, 1.807) is 0 Å². The summed E-state index contributed by atoms with van der Waals surface area (Å²) in [5, 5.41) is 4.32. The third-order valence-electron chi connectivity index (χ3n) is 3.30. The molecule has 0 bridgehead atoms. The van der Waals surface area contributed by atoms with Gasteiger partial charge in [-0.3, -0.25) is 0 Å². The van der Waals surface area contributed by atoms with Crippen molar-refractivity contribution in [2.75, 3.05) is 26.2 Å². The molecule has 0 atom stereocenters. The number of hydrogen-bond donors (Lipinski definition) is 1. The summed E-state index contributed by atoms with van der Waals surface area (Å²) in [5.74, 6) is 0. The number of hydrogen-bond acceptors (Lipinski definition) is 2. The molecule has 1 fully saturated rings. The normalized spacial score (nSPS) is 16.5. The summed E-state index contributed by atoms with van der Waals surface area (Å²) in [6.07, 6.45) is 3.99. The number of benzene rings is 1. The summed E-state index contributed by atoms with van der Waals surface area (Å²) in [6, 6.07) is 8.03. The topological polar surface area (TPSA) is 15.3 Å². The van der Waals surface area contributed by atoms with Crippen LogP contribution in [-0.4, -0.2) is 31.1 Å². The number of rotatable bonds is 6. The average molecular weight is 253 g/mol. The monoisotopic (exact) mass is 252 g/mol. The molecule has 1 heterocycles. The van der Waals surface area contributed by atoms with Crippen molar-refractivity contribution in [1.29, 1.82) is 0 Å². The summed E-state index contributed by atoms with van der Waals surface area (Å²) in [7, 11) is 0. The van der Waals surface area contributed by atoms with E-state index in [1.165, 1.54) is 44.5 Å². The maximum Gasteiger partial charge on any atom is 0.0450 e. The van der Waals surface area contributed by atoms with E-state index in [0.717, 1.165) is 18.1 Å². The zero-order valence-corrected chi connectivity index (χ0v) is 11.0. The minimum Gasteiger partial charge on any atom is -0.313 e. The lowest BCUT2D eigenvalue weighted by molar-refractivity contribution is 0.331. The summed E-state index contributed by atoms with van der Waals surface area (Å²) >= 11 is 6.09. The van der Waals surface area contributed by atoms with Crippen molar-refractivity contribution < 1.29 is 0 Å². The van der Waals surface area contributed by atoms with Gasteiger partial charge >= 0.3 is 0 Å². The van der Waals surface area contributed by atoms with Crippen LogP contribution in [-0.2, 0) is 6.54 Å². The predicted octanol–water partition coefficient (Wildman–Crippen LogP) is 2.92. The van der Waals surface area contributed by atoms with Gasteiger partial charge in [0.15, 0.2) is 0 Å². The Morgan fingerprint density at radius 1 is 1.18 bits per heavy atom. The maximum absolute atomic E-state index is 6.09. The van der Waals surface area contributed by atoms with Crippen LogP contribution in [0.25, 0.3) is 0 Å².